The molecule has 6 rings (SSSR count). The number of anilines is 3. The van der Waals surface area contributed by atoms with Gasteiger partial charge in [0.15, 0.2) is 0 Å². The molecular weight excluding hydrogens is 462 g/mol. The highest BCUT2D eigenvalue weighted by molar-refractivity contribution is 6.32. The van der Waals surface area contributed by atoms with E-state index in [2.05, 4.69) is 30.4 Å². The van der Waals surface area contributed by atoms with Crippen LogP contribution < -0.4 is 20.3 Å². The molecule has 0 saturated carbocycles. The zero-order chi connectivity index (χ0) is 24.9. The van der Waals surface area contributed by atoms with Crippen molar-refractivity contribution in [2.75, 3.05) is 81.7 Å². The van der Waals surface area contributed by atoms with Crippen molar-refractivity contribution in [1.29, 1.82) is 0 Å². The second kappa shape index (κ2) is 10.9. The van der Waals surface area contributed by atoms with Crippen molar-refractivity contribution in [2.45, 2.75) is 6.42 Å². The first-order valence-corrected chi connectivity index (χ1v) is 12.2. The third-order valence-electron chi connectivity index (χ3n) is 6.58. The highest BCUT2D eigenvalue weighted by Crippen LogP contribution is 2.36. The van der Waals surface area contributed by atoms with Gasteiger partial charge in [-0.1, -0.05) is 6.07 Å². The summed E-state index contributed by atoms with van der Waals surface area (Å²) in [6.07, 6.45) is 3.94. The van der Waals surface area contributed by atoms with Gasteiger partial charge >= 0.3 is 0 Å². The van der Waals surface area contributed by atoms with Crippen LogP contribution in [0.4, 0.5) is 17.3 Å². The summed E-state index contributed by atoms with van der Waals surface area (Å²) >= 11 is 0. The second-order valence-electron chi connectivity index (χ2n) is 8.94. The minimum absolute atomic E-state index is 0.104. The molecule has 2 aromatic rings. The lowest BCUT2D eigenvalue weighted by Gasteiger charge is -2.37. The standard InChI is InChI=1S/C25H31N7O4/c1-35-13-11-30-6-3-12-36-19-5-2-4-18(14-19)26-15-20-22-23(29-25(20)34)27-17-28-24(22)32-9-7-31(8-10-32)21(33)16-30/h2,4-5,14-15,17,26H,3,6-13,16H2,1H3,(H,27,28,29,34)/b20-15-. The van der Waals surface area contributed by atoms with Crippen molar-refractivity contribution in [3.05, 3.63) is 42.4 Å². The van der Waals surface area contributed by atoms with Gasteiger partial charge in [-0.3, -0.25) is 14.5 Å². The summed E-state index contributed by atoms with van der Waals surface area (Å²) in [5, 5.41) is 6.07. The lowest BCUT2D eigenvalue weighted by Crippen LogP contribution is -2.52. The number of piperazine rings is 1. The van der Waals surface area contributed by atoms with Crippen LogP contribution in [0.5, 0.6) is 5.75 Å². The normalized spacial score (nSPS) is 20.3. The van der Waals surface area contributed by atoms with Gasteiger partial charge in [0.1, 0.15) is 23.7 Å². The van der Waals surface area contributed by atoms with E-state index in [1.165, 1.54) is 6.33 Å². The molecule has 190 valence electrons. The van der Waals surface area contributed by atoms with Crippen LogP contribution in [0.25, 0.3) is 5.57 Å². The average molecular weight is 494 g/mol. The van der Waals surface area contributed by atoms with E-state index in [-0.39, 0.29) is 11.8 Å². The first-order valence-electron chi connectivity index (χ1n) is 12.2. The van der Waals surface area contributed by atoms with Crippen molar-refractivity contribution in [2.24, 2.45) is 0 Å². The fourth-order valence-corrected chi connectivity index (χ4v) is 4.64. The molecule has 5 heterocycles. The SMILES string of the molecule is COCCN1CCCOc2cccc(c2)N/C=C2\C(=O)Nc3ncnc(c32)N2CCN(CC2)C(=O)C1. The number of fused-ring (bicyclic) bond motifs is 9. The molecule has 2 N–H and O–H groups in total. The topological polar surface area (TPSA) is 112 Å². The van der Waals surface area contributed by atoms with Crippen molar-refractivity contribution in [1.82, 2.24) is 19.8 Å². The number of carbonyl (C=O) groups excluding carboxylic acids is 2. The fourth-order valence-electron chi connectivity index (χ4n) is 4.64. The summed E-state index contributed by atoms with van der Waals surface area (Å²) in [5.74, 6) is 1.78. The maximum atomic E-state index is 13.1. The highest BCUT2D eigenvalue weighted by Gasteiger charge is 2.33. The van der Waals surface area contributed by atoms with E-state index in [0.29, 0.717) is 75.3 Å². The molecule has 2 amide bonds. The molecule has 11 nitrogen and oxygen atoms in total. The van der Waals surface area contributed by atoms with E-state index in [4.69, 9.17) is 9.47 Å². The summed E-state index contributed by atoms with van der Waals surface area (Å²) in [5.41, 5.74) is 1.95. The summed E-state index contributed by atoms with van der Waals surface area (Å²) in [6, 6.07) is 7.61. The quantitative estimate of drug-likeness (QED) is 0.653. The largest absolute Gasteiger partial charge is 0.493 e. The lowest BCUT2D eigenvalue weighted by atomic mass is 10.1. The van der Waals surface area contributed by atoms with Gasteiger partial charge in [-0.05, 0) is 18.6 Å². The molecule has 1 fully saturated rings. The third-order valence-corrected chi connectivity index (χ3v) is 6.58. The maximum absolute atomic E-state index is 13.1. The number of ether oxygens (including phenoxy) is 2. The zero-order valence-electron chi connectivity index (χ0n) is 20.4. The van der Waals surface area contributed by atoms with Crippen LogP contribution in [-0.4, -0.2) is 97.7 Å². The van der Waals surface area contributed by atoms with Gasteiger partial charge in [0.25, 0.3) is 5.91 Å². The molecule has 0 radical (unpaired) electrons. The minimum Gasteiger partial charge on any atom is -0.493 e. The Hall–Kier alpha value is -3.70. The molecule has 0 unspecified atom stereocenters. The number of methoxy groups -OCH3 is 1. The van der Waals surface area contributed by atoms with Crippen molar-refractivity contribution < 1.29 is 19.1 Å². The molecule has 0 atom stereocenters. The van der Waals surface area contributed by atoms with Gasteiger partial charge in [-0.25, -0.2) is 9.97 Å². The molecule has 1 saturated heterocycles. The predicted molar refractivity (Wildman–Crippen MR) is 136 cm³/mol. The molecule has 0 aliphatic carbocycles. The van der Waals surface area contributed by atoms with E-state index in [1.54, 1.807) is 13.3 Å². The van der Waals surface area contributed by atoms with E-state index < -0.39 is 0 Å². The Morgan fingerprint density at radius 3 is 2.75 bits per heavy atom. The van der Waals surface area contributed by atoms with Gasteiger partial charge in [0, 0.05) is 64.3 Å². The van der Waals surface area contributed by atoms with Crippen LogP contribution in [0.2, 0.25) is 0 Å². The van der Waals surface area contributed by atoms with E-state index >= 15 is 0 Å². The van der Waals surface area contributed by atoms with Crippen LogP contribution in [0.3, 0.4) is 0 Å². The smallest absolute Gasteiger partial charge is 0.259 e. The maximum Gasteiger partial charge on any atom is 0.259 e. The summed E-state index contributed by atoms with van der Waals surface area (Å²) in [7, 11) is 1.67. The number of amides is 2. The lowest BCUT2D eigenvalue weighted by molar-refractivity contribution is -0.132. The first kappa shape index (κ1) is 24.0. The number of hydrogen-bond donors (Lipinski definition) is 2. The molecular formula is C25H31N7O4. The van der Waals surface area contributed by atoms with E-state index in [1.807, 2.05) is 29.2 Å². The minimum atomic E-state index is -0.234. The third kappa shape index (κ3) is 5.26. The fraction of sp³-hybridized carbons (Fsp3) is 0.440. The Kier molecular flexibility index (Phi) is 7.28. The second-order valence-corrected chi connectivity index (χ2v) is 8.94. The van der Waals surface area contributed by atoms with E-state index in [9.17, 15) is 9.59 Å². The molecule has 4 bridgehead atoms. The Morgan fingerprint density at radius 1 is 1.08 bits per heavy atom. The Balaban J connectivity index is 1.44. The number of carbonyl (C=O) groups is 2. The van der Waals surface area contributed by atoms with Crippen LogP contribution in [0, 0.1) is 0 Å². The van der Waals surface area contributed by atoms with Gasteiger partial charge in [0.2, 0.25) is 5.91 Å². The van der Waals surface area contributed by atoms with Gasteiger partial charge in [0.05, 0.1) is 30.9 Å². The number of hydrogen-bond acceptors (Lipinski definition) is 9. The van der Waals surface area contributed by atoms with Crippen LogP contribution in [0.1, 0.15) is 12.0 Å². The Labute approximate surface area is 210 Å². The molecule has 0 spiro atoms. The number of benzene rings is 1. The Bertz CT molecular complexity index is 1150. The number of nitrogens with one attached hydrogen (secondary N) is 2. The Morgan fingerprint density at radius 2 is 1.92 bits per heavy atom. The molecule has 1 aromatic heterocycles. The summed E-state index contributed by atoms with van der Waals surface area (Å²) < 4.78 is 11.2. The van der Waals surface area contributed by atoms with Crippen molar-refractivity contribution in [3.63, 3.8) is 0 Å². The summed E-state index contributed by atoms with van der Waals surface area (Å²) in [6.45, 7) is 5.28. The number of rotatable bonds is 3. The predicted octanol–water partition coefficient (Wildman–Crippen LogP) is 1.26. The van der Waals surface area contributed by atoms with Crippen molar-refractivity contribution in [3.8, 4) is 5.75 Å². The molecule has 36 heavy (non-hydrogen) atoms. The van der Waals surface area contributed by atoms with E-state index in [0.717, 1.165) is 24.4 Å². The molecule has 4 aliphatic rings. The molecule has 4 aliphatic heterocycles. The zero-order valence-corrected chi connectivity index (χ0v) is 20.4. The monoisotopic (exact) mass is 493 g/mol. The number of nitrogens with zero attached hydrogens (tertiary/aromatic N) is 5. The average Bonchev–Trinajstić information content (AvgIpc) is 3.23. The van der Waals surface area contributed by atoms with Crippen LogP contribution in [0.15, 0.2) is 36.8 Å². The first-order chi connectivity index (χ1) is 17.6. The van der Waals surface area contributed by atoms with Gasteiger partial charge in [-0.15, -0.1) is 0 Å². The van der Waals surface area contributed by atoms with Gasteiger partial charge in [-0.2, -0.15) is 0 Å². The molecule has 1 aromatic carbocycles. The summed E-state index contributed by atoms with van der Waals surface area (Å²) in [4.78, 5) is 40.8. The number of aromatic nitrogens is 2. The van der Waals surface area contributed by atoms with Crippen LogP contribution >= 0.6 is 0 Å². The van der Waals surface area contributed by atoms with Crippen molar-refractivity contribution >= 4 is 34.7 Å². The van der Waals surface area contributed by atoms with Crippen LogP contribution in [-0.2, 0) is 14.3 Å². The van der Waals surface area contributed by atoms with Gasteiger partial charge < -0.3 is 29.9 Å². The highest BCUT2D eigenvalue weighted by atomic mass is 16.5. The molecule has 11 heteroatoms.